The first-order valence-electron chi connectivity index (χ1n) is 8.45. The van der Waals surface area contributed by atoms with Gasteiger partial charge in [-0.15, -0.1) is 23.5 Å². The van der Waals surface area contributed by atoms with E-state index in [9.17, 15) is 4.79 Å². The largest absolute Gasteiger partial charge is 0.464 e. The third kappa shape index (κ3) is 6.85. The Morgan fingerprint density at radius 3 is 2.38 bits per heavy atom. The molecule has 4 heteroatoms. The summed E-state index contributed by atoms with van der Waals surface area (Å²) >= 11 is 3.64. The average Bonchev–Trinajstić information content (AvgIpc) is 2.46. The highest BCUT2D eigenvalue weighted by atomic mass is 32.2. The quantitative estimate of drug-likeness (QED) is 0.531. The van der Waals surface area contributed by atoms with Crippen LogP contribution in [-0.2, 0) is 9.53 Å². The fraction of sp³-hybridized carbons (Fsp3) is 0.941. The van der Waals surface area contributed by atoms with Crippen molar-refractivity contribution in [1.29, 1.82) is 0 Å². The Labute approximate surface area is 139 Å². The maximum absolute atomic E-state index is 12.4. The van der Waals surface area contributed by atoms with Gasteiger partial charge in [-0.25, -0.2) is 4.79 Å². The Bertz CT molecular complexity index is 299. The van der Waals surface area contributed by atoms with Crippen LogP contribution < -0.4 is 0 Å². The lowest BCUT2D eigenvalue weighted by Crippen LogP contribution is -2.37. The fourth-order valence-electron chi connectivity index (χ4n) is 2.64. The second-order valence-corrected chi connectivity index (χ2v) is 9.54. The van der Waals surface area contributed by atoms with Crippen LogP contribution in [0, 0.1) is 11.8 Å². The molecule has 1 aliphatic rings. The van der Waals surface area contributed by atoms with Crippen LogP contribution in [0.15, 0.2) is 0 Å². The first-order chi connectivity index (χ1) is 10.00. The molecule has 1 rings (SSSR count). The Morgan fingerprint density at radius 2 is 1.81 bits per heavy atom. The lowest BCUT2D eigenvalue weighted by Gasteiger charge is -2.34. The van der Waals surface area contributed by atoms with Crippen LogP contribution in [0.5, 0.6) is 0 Å². The molecule has 0 N–H and O–H groups in total. The van der Waals surface area contributed by atoms with E-state index < -0.39 is 0 Å². The van der Waals surface area contributed by atoms with Gasteiger partial charge < -0.3 is 4.74 Å². The van der Waals surface area contributed by atoms with Crippen LogP contribution >= 0.6 is 23.5 Å². The molecule has 1 unspecified atom stereocenters. The minimum atomic E-state index is -0.319. The Hall–Kier alpha value is 0.170. The van der Waals surface area contributed by atoms with E-state index in [-0.39, 0.29) is 10.0 Å². The Kier molecular flexibility index (Phi) is 9.19. The number of hydrogen-bond acceptors (Lipinski definition) is 4. The maximum Gasteiger partial charge on any atom is 0.332 e. The average molecular weight is 333 g/mol. The molecular formula is C17H32O2S2. The standard InChI is InChI=1S/C17H32O2S2/c1-5-19-16(18)17(20-12-7-13-21-17)11-10-15(4)9-6-8-14(2)3/h14-15H,5-13H2,1-4H3. The van der Waals surface area contributed by atoms with Crippen molar-refractivity contribution in [2.75, 3.05) is 18.1 Å². The third-order valence-corrected chi connectivity index (χ3v) is 7.36. The SMILES string of the molecule is CCOC(=O)C1(CCC(C)CCCC(C)C)SCCCS1. The highest BCUT2D eigenvalue weighted by Gasteiger charge is 2.42. The molecule has 0 bridgehead atoms. The van der Waals surface area contributed by atoms with E-state index in [1.807, 2.05) is 30.4 Å². The van der Waals surface area contributed by atoms with Gasteiger partial charge in [-0.2, -0.15) is 0 Å². The number of esters is 1. The van der Waals surface area contributed by atoms with E-state index in [0.29, 0.717) is 12.5 Å². The van der Waals surface area contributed by atoms with Crippen LogP contribution in [-0.4, -0.2) is 28.2 Å². The van der Waals surface area contributed by atoms with E-state index in [1.165, 1.54) is 25.7 Å². The molecule has 1 fully saturated rings. The second kappa shape index (κ2) is 10.0. The van der Waals surface area contributed by atoms with Gasteiger partial charge in [-0.1, -0.05) is 40.0 Å². The minimum absolute atomic E-state index is 0.00841. The predicted molar refractivity (Wildman–Crippen MR) is 96.0 cm³/mol. The summed E-state index contributed by atoms with van der Waals surface area (Å²) in [7, 11) is 0. The summed E-state index contributed by atoms with van der Waals surface area (Å²) in [5.74, 6) is 3.70. The first-order valence-corrected chi connectivity index (χ1v) is 10.4. The summed E-state index contributed by atoms with van der Waals surface area (Å²) in [4.78, 5) is 12.4. The molecule has 0 aromatic carbocycles. The highest BCUT2D eigenvalue weighted by molar-refractivity contribution is 8.19. The zero-order chi connectivity index (χ0) is 15.7. The number of ether oxygens (including phenoxy) is 1. The van der Waals surface area contributed by atoms with E-state index >= 15 is 0 Å². The van der Waals surface area contributed by atoms with Crippen LogP contribution in [0.1, 0.15) is 66.2 Å². The number of hydrogen-bond donors (Lipinski definition) is 0. The van der Waals surface area contributed by atoms with E-state index in [0.717, 1.165) is 30.3 Å². The van der Waals surface area contributed by atoms with Crippen molar-refractivity contribution in [1.82, 2.24) is 0 Å². The second-order valence-electron chi connectivity index (χ2n) is 6.49. The topological polar surface area (TPSA) is 26.3 Å². The molecule has 0 amide bonds. The van der Waals surface area contributed by atoms with Gasteiger partial charge in [0.1, 0.15) is 0 Å². The van der Waals surface area contributed by atoms with Gasteiger partial charge in [0.2, 0.25) is 0 Å². The molecule has 124 valence electrons. The van der Waals surface area contributed by atoms with Crippen molar-refractivity contribution in [3.05, 3.63) is 0 Å². The van der Waals surface area contributed by atoms with Gasteiger partial charge in [0.05, 0.1) is 6.61 Å². The number of thioether (sulfide) groups is 2. The van der Waals surface area contributed by atoms with Crippen LogP contribution in [0.3, 0.4) is 0 Å². The van der Waals surface area contributed by atoms with Crippen molar-refractivity contribution in [2.45, 2.75) is 70.3 Å². The minimum Gasteiger partial charge on any atom is -0.464 e. The maximum atomic E-state index is 12.4. The molecule has 2 nitrogen and oxygen atoms in total. The van der Waals surface area contributed by atoms with Gasteiger partial charge >= 0.3 is 5.97 Å². The molecular weight excluding hydrogens is 300 g/mol. The molecule has 0 aliphatic carbocycles. The fourth-order valence-corrected chi connectivity index (χ4v) is 5.77. The van der Waals surface area contributed by atoms with Gasteiger partial charge in [0.25, 0.3) is 0 Å². The van der Waals surface area contributed by atoms with Crippen molar-refractivity contribution in [3.63, 3.8) is 0 Å². The Morgan fingerprint density at radius 1 is 1.14 bits per heavy atom. The summed E-state index contributed by atoms with van der Waals surface area (Å²) in [6.45, 7) is 9.30. The van der Waals surface area contributed by atoms with Crippen molar-refractivity contribution < 1.29 is 9.53 Å². The van der Waals surface area contributed by atoms with Crippen molar-refractivity contribution >= 4 is 29.5 Å². The molecule has 1 atom stereocenters. The van der Waals surface area contributed by atoms with E-state index in [4.69, 9.17) is 4.74 Å². The smallest absolute Gasteiger partial charge is 0.332 e. The number of carbonyl (C=O) groups excluding carboxylic acids is 1. The Balaban J connectivity index is 2.44. The number of carbonyl (C=O) groups is 1. The first kappa shape index (κ1) is 19.2. The summed E-state index contributed by atoms with van der Waals surface area (Å²) in [5.41, 5.74) is 0. The van der Waals surface area contributed by atoms with Gasteiger partial charge in [0.15, 0.2) is 4.08 Å². The summed E-state index contributed by atoms with van der Waals surface area (Å²) in [5, 5.41) is 0. The van der Waals surface area contributed by atoms with Gasteiger partial charge in [-0.05, 0) is 49.5 Å². The zero-order valence-corrected chi connectivity index (χ0v) is 15.8. The molecule has 0 saturated carbocycles. The van der Waals surface area contributed by atoms with Gasteiger partial charge in [-0.3, -0.25) is 0 Å². The molecule has 1 heterocycles. The molecule has 1 aliphatic heterocycles. The molecule has 0 spiro atoms. The molecule has 21 heavy (non-hydrogen) atoms. The van der Waals surface area contributed by atoms with Gasteiger partial charge in [0, 0.05) is 0 Å². The summed E-state index contributed by atoms with van der Waals surface area (Å²) < 4.78 is 5.03. The van der Waals surface area contributed by atoms with Crippen molar-refractivity contribution in [3.8, 4) is 0 Å². The summed E-state index contributed by atoms with van der Waals surface area (Å²) in [6, 6.07) is 0. The highest BCUT2D eigenvalue weighted by Crippen LogP contribution is 2.47. The molecule has 0 aromatic heterocycles. The van der Waals surface area contributed by atoms with Crippen LogP contribution in [0.4, 0.5) is 0 Å². The zero-order valence-electron chi connectivity index (χ0n) is 14.2. The third-order valence-electron chi connectivity index (χ3n) is 3.99. The lowest BCUT2D eigenvalue weighted by atomic mass is 9.95. The lowest BCUT2D eigenvalue weighted by molar-refractivity contribution is -0.143. The summed E-state index contributed by atoms with van der Waals surface area (Å²) in [6.07, 6.45) is 7.22. The van der Waals surface area contributed by atoms with Crippen molar-refractivity contribution in [2.24, 2.45) is 11.8 Å². The molecule has 0 aromatic rings. The molecule has 0 radical (unpaired) electrons. The van der Waals surface area contributed by atoms with E-state index in [2.05, 4.69) is 20.8 Å². The number of rotatable bonds is 9. The molecule has 1 saturated heterocycles. The normalized spacial score (nSPS) is 19.5. The van der Waals surface area contributed by atoms with Crippen LogP contribution in [0.2, 0.25) is 0 Å². The monoisotopic (exact) mass is 332 g/mol. The van der Waals surface area contributed by atoms with Crippen LogP contribution in [0.25, 0.3) is 0 Å². The predicted octanol–water partition coefficient (Wildman–Crippen LogP) is 5.36. The van der Waals surface area contributed by atoms with E-state index in [1.54, 1.807) is 0 Å².